The molecule has 0 N–H and O–H groups in total. The molecule has 0 atom stereocenters. The molecule has 0 aliphatic heterocycles. The van der Waals surface area contributed by atoms with Crippen molar-refractivity contribution < 1.29 is 0 Å². The lowest BCUT2D eigenvalue weighted by Crippen LogP contribution is -2.02. The van der Waals surface area contributed by atoms with E-state index in [1.54, 1.807) is 0 Å². The first-order chi connectivity index (χ1) is 11.1. The number of thiophene rings is 1. The van der Waals surface area contributed by atoms with Crippen LogP contribution in [0.15, 0.2) is 35.9 Å². The predicted molar refractivity (Wildman–Crippen MR) is 103 cm³/mol. The quantitative estimate of drug-likeness (QED) is 0.363. The normalized spacial score (nSPS) is 14.7. The Labute approximate surface area is 139 Å². The summed E-state index contributed by atoms with van der Waals surface area (Å²) in [6, 6.07) is 11.2. The fraction of sp³-hybridized carbons (Fsp3) is 0.238. The minimum absolute atomic E-state index is 1.16. The van der Waals surface area contributed by atoms with Crippen LogP contribution in [0.3, 0.4) is 0 Å². The van der Waals surface area contributed by atoms with E-state index in [0.717, 1.165) is 6.42 Å². The number of hydrogen-bond donors (Lipinski definition) is 0. The summed E-state index contributed by atoms with van der Waals surface area (Å²) in [5.74, 6) is 0. The third-order valence-electron chi connectivity index (χ3n) is 5.30. The molecule has 0 saturated carbocycles. The van der Waals surface area contributed by atoms with Gasteiger partial charge in [0, 0.05) is 43.9 Å². The number of fused-ring (bicyclic) bond motifs is 7. The van der Waals surface area contributed by atoms with Crippen molar-refractivity contribution >= 4 is 48.5 Å². The van der Waals surface area contributed by atoms with Crippen LogP contribution in [0.25, 0.3) is 37.2 Å². The summed E-state index contributed by atoms with van der Waals surface area (Å²) in [5, 5.41) is 4.28. The number of aromatic nitrogens is 1. The Hall–Kier alpha value is -2.06. The average Bonchev–Trinajstić information content (AvgIpc) is 3.04. The molecule has 0 saturated heterocycles. The van der Waals surface area contributed by atoms with Gasteiger partial charge in [-0.2, -0.15) is 0 Å². The van der Waals surface area contributed by atoms with Crippen LogP contribution in [0.2, 0.25) is 0 Å². The monoisotopic (exact) mass is 317 g/mol. The van der Waals surface area contributed by atoms with Crippen LogP contribution in [0.4, 0.5) is 0 Å². The third-order valence-corrected chi connectivity index (χ3v) is 6.50. The Kier molecular flexibility index (Phi) is 2.61. The van der Waals surface area contributed by atoms with Crippen molar-refractivity contribution in [3.8, 4) is 0 Å². The van der Waals surface area contributed by atoms with Crippen molar-refractivity contribution in [2.24, 2.45) is 7.05 Å². The molecule has 1 nitrogen and oxygen atoms in total. The van der Waals surface area contributed by atoms with Gasteiger partial charge in [0.05, 0.1) is 5.52 Å². The molecule has 23 heavy (non-hydrogen) atoms. The molecule has 2 aromatic heterocycles. The maximum atomic E-state index is 2.44. The van der Waals surface area contributed by atoms with Gasteiger partial charge in [0.25, 0.3) is 0 Å². The van der Waals surface area contributed by atoms with Gasteiger partial charge in [0.15, 0.2) is 0 Å². The van der Waals surface area contributed by atoms with E-state index in [-0.39, 0.29) is 0 Å². The zero-order chi connectivity index (χ0) is 15.7. The van der Waals surface area contributed by atoms with Gasteiger partial charge in [-0.1, -0.05) is 29.8 Å². The van der Waals surface area contributed by atoms with E-state index in [2.05, 4.69) is 61.9 Å². The van der Waals surface area contributed by atoms with Gasteiger partial charge >= 0.3 is 0 Å². The van der Waals surface area contributed by atoms with Crippen molar-refractivity contribution in [1.29, 1.82) is 0 Å². The maximum Gasteiger partial charge on any atom is 0.0530 e. The Balaban J connectivity index is 2.09. The second-order valence-corrected chi connectivity index (χ2v) is 7.85. The second-order valence-electron chi connectivity index (χ2n) is 6.80. The fourth-order valence-corrected chi connectivity index (χ4v) is 5.46. The van der Waals surface area contributed by atoms with Gasteiger partial charge < -0.3 is 4.57 Å². The summed E-state index contributed by atoms with van der Waals surface area (Å²) in [5.41, 5.74) is 7.27. The zero-order valence-electron chi connectivity index (χ0n) is 13.7. The van der Waals surface area contributed by atoms with E-state index >= 15 is 0 Å². The predicted octanol–water partition coefficient (Wildman–Crippen LogP) is 6.20. The molecule has 0 spiro atoms. The molecule has 0 radical (unpaired) electrons. The molecule has 1 aliphatic carbocycles. The summed E-state index contributed by atoms with van der Waals surface area (Å²) in [7, 11) is 2.24. The van der Waals surface area contributed by atoms with Gasteiger partial charge in [-0.3, -0.25) is 0 Å². The molecular formula is C21H19NS. The maximum absolute atomic E-state index is 2.44. The van der Waals surface area contributed by atoms with Gasteiger partial charge in [-0.25, -0.2) is 0 Å². The van der Waals surface area contributed by atoms with E-state index in [1.165, 1.54) is 59.9 Å². The highest BCUT2D eigenvalue weighted by Crippen LogP contribution is 2.44. The molecule has 2 aromatic carbocycles. The summed E-state index contributed by atoms with van der Waals surface area (Å²) in [4.78, 5) is 0. The molecule has 0 amide bonds. The van der Waals surface area contributed by atoms with Gasteiger partial charge in [-0.05, 0) is 44.4 Å². The number of rotatable bonds is 0. The van der Waals surface area contributed by atoms with E-state index in [4.69, 9.17) is 0 Å². The molecule has 0 unspecified atom stereocenters. The van der Waals surface area contributed by atoms with Crippen molar-refractivity contribution in [2.75, 3.05) is 0 Å². The van der Waals surface area contributed by atoms with E-state index in [1.807, 2.05) is 11.3 Å². The number of benzene rings is 2. The smallest absolute Gasteiger partial charge is 0.0530 e. The summed E-state index contributed by atoms with van der Waals surface area (Å²) < 4.78 is 5.28. The standard InChI is InChI=1S/C21H19NS/c1-12-8-9-17-16(10-12)19-20(22(17)3)13(2)11-15-14-6-4-5-7-18(14)23-21(15)19/h4-7,10-11H,8-9H2,1-3H3. The van der Waals surface area contributed by atoms with E-state index in [9.17, 15) is 0 Å². The molecule has 2 heterocycles. The summed E-state index contributed by atoms with van der Waals surface area (Å²) >= 11 is 1.94. The summed E-state index contributed by atoms with van der Waals surface area (Å²) in [6.07, 6.45) is 4.77. The Morgan fingerprint density at radius 2 is 1.87 bits per heavy atom. The van der Waals surface area contributed by atoms with Crippen LogP contribution in [0.5, 0.6) is 0 Å². The minimum atomic E-state index is 1.16. The number of nitrogens with zero attached hydrogens (tertiary/aromatic N) is 1. The van der Waals surface area contributed by atoms with Crippen LogP contribution in [-0.2, 0) is 13.5 Å². The van der Waals surface area contributed by atoms with Crippen LogP contribution >= 0.6 is 11.3 Å². The van der Waals surface area contributed by atoms with Crippen LogP contribution in [0.1, 0.15) is 30.2 Å². The minimum Gasteiger partial charge on any atom is -0.347 e. The Morgan fingerprint density at radius 1 is 1.04 bits per heavy atom. The van der Waals surface area contributed by atoms with Crippen LogP contribution < -0.4 is 0 Å². The first-order valence-electron chi connectivity index (χ1n) is 8.24. The zero-order valence-corrected chi connectivity index (χ0v) is 14.6. The van der Waals surface area contributed by atoms with E-state index < -0.39 is 0 Å². The molecule has 1 aliphatic rings. The van der Waals surface area contributed by atoms with Gasteiger partial charge in [0.1, 0.15) is 0 Å². The number of hydrogen-bond acceptors (Lipinski definition) is 1. The van der Waals surface area contributed by atoms with Gasteiger partial charge in [0.2, 0.25) is 0 Å². The highest BCUT2D eigenvalue weighted by molar-refractivity contribution is 7.26. The highest BCUT2D eigenvalue weighted by atomic mass is 32.1. The SMILES string of the molecule is CC1=Cc2c(n(C)c3c(C)cc4c5ccccc5sc4c23)CC1. The molecule has 0 bridgehead atoms. The molecular weight excluding hydrogens is 298 g/mol. The lowest BCUT2D eigenvalue weighted by Gasteiger charge is -2.12. The largest absolute Gasteiger partial charge is 0.347 e. The number of allylic oxidation sites excluding steroid dienone is 1. The van der Waals surface area contributed by atoms with Crippen molar-refractivity contribution in [3.63, 3.8) is 0 Å². The third kappa shape index (κ3) is 1.67. The molecule has 2 heteroatoms. The molecule has 114 valence electrons. The first kappa shape index (κ1) is 13.4. The number of aryl methyl sites for hydroxylation is 2. The van der Waals surface area contributed by atoms with E-state index in [0.29, 0.717) is 0 Å². The van der Waals surface area contributed by atoms with Crippen molar-refractivity contribution in [3.05, 3.63) is 52.7 Å². The first-order valence-corrected chi connectivity index (χ1v) is 9.06. The van der Waals surface area contributed by atoms with Crippen molar-refractivity contribution in [1.82, 2.24) is 4.57 Å². The molecule has 5 rings (SSSR count). The highest BCUT2D eigenvalue weighted by Gasteiger charge is 2.22. The van der Waals surface area contributed by atoms with Crippen molar-refractivity contribution in [2.45, 2.75) is 26.7 Å². The summed E-state index contributed by atoms with van der Waals surface area (Å²) in [6.45, 7) is 4.52. The second kappa shape index (κ2) is 4.48. The Bertz CT molecular complexity index is 1140. The lowest BCUT2D eigenvalue weighted by molar-refractivity contribution is 0.804. The fourth-order valence-electron chi connectivity index (χ4n) is 4.22. The Morgan fingerprint density at radius 3 is 2.74 bits per heavy atom. The molecule has 4 aromatic rings. The molecule has 0 fully saturated rings. The average molecular weight is 317 g/mol. The topological polar surface area (TPSA) is 4.93 Å². The van der Waals surface area contributed by atoms with Gasteiger partial charge in [-0.15, -0.1) is 11.3 Å². The van der Waals surface area contributed by atoms with Crippen LogP contribution in [-0.4, -0.2) is 4.57 Å². The lowest BCUT2D eigenvalue weighted by atomic mass is 9.96. The van der Waals surface area contributed by atoms with Crippen LogP contribution in [0, 0.1) is 6.92 Å².